The average molecular weight is 849 g/mol. The summed E-state index contributed by atoms with van der Waals surface area (Å²) >= 11 is 0. The number of carbonyl (C=O) groups excluding carboxylic acids is 3. The number of unbranched alkanes of at least 4 members (excludes halogenated alkanes) is 16. The van der Waals surface area contributed by atoms with E-state index in [1.807, 2.05) is 0 Å². The second-order valence-electron chi connectivity index (χ2n) is 18.7. The van der Waals surface area contributed by atoms with E-state index < -0.39 is 0 Å². The zero-order valence-electron chi connectivity index (χ0n) is 40.6. The van der Waals surface area contributed by atoms with Crippen molar-refractivity contribution >= 4 is 17.9 Å². The van der Waals surface area contributed by atoms with Crippen LogP contribution in [0.1, 0.15) is 246 Å². The van der Waals surface area contributed by atoms with Crippen LogP contribution in [0.3, 0.4) is 0 Å². The van der Waals surface area contributed by atoms with Gasteiger partial charge in [0, 0.05) is 45.4 Å². The Morgan fingerprint density at radius 2 is 0.783 bits per heavy atom. The van der Waals surface area contributed by atoms with Crippen LogP contribution in [-0.4, -0.2) is 86.8 Å². The maximum Gasteiger partial charge on any atom is 0.306 e. The molecule has 0 saturated carbocycles. The van der Waals surface area contributed by atoms with Gasteiger partial charge in [0.1, 0.15) is 6.10 Å². The van der Waals surface area contributed by atoms with E-state index in [1.54, 1.807) is 0 Å². The third kappa shape index (κ3) is 34.9. The van der Waals surface area contributed by atoms with Crippen molar-refractivity contribution in [3.63, 3.8) is 0 Å². The van der Waals surface area contributed by atoms with Gasteiger partial charge in [-0.05, 0) is 83.2 Å². The van der Waals surface area contributed by atoms with Crippen LogP contribution in [0.4, 0.5) is 0 Å². The fourth-order valence-corrected chi connectivity index (χ4v) is 8.79. The third-order valence-electron chi connectivity index (χ3n) is 13.0. The molecule has 0 bridgehead atoms. The van der Waals surface area contributed by atoms with Crippen molar-refractivity contribution in [1.82, 2.24) is 9.80 Å². The first-order valence-corrected chi connectivity index (χ1v) is 26.2. The van der Waals surface area contributed by atoms with Gasteiger partial charge in [-0.3, -0.25) is 14.4 Å². The average Bonchev–Trinajstić information content (AvgIpc) is 3.23. The predicted molar refractivity (Wildman–Crippen MR) is 252 cm³/mol. The summed E-state index contributed by atoms with van der Waals surface area (Å²) < 4.78 is 17.4. The molecule has 0 aromatic rings. The highest BCUT2D eigenvalue weighted by molar-refractivity contribution is 5.70. The minimum Gasteiger partial charge on any atom is -0.466 e. The van der Waals surface area contributed by atoms with E-state index in [0.29, 0.717) is 44.3 Å². The number of hydrogen-bond donors (Lipinski definition) is 0. The molecule has 1 heterocycles. The molecule has 0 aromatic carbocycles. The number of nitrogens with zero attached hydrogens (tertiary/aromatic N) is 2. The number of ether oxygens (including phenoxy) is 3. The zero-order valence-corrected chi connectivity index (χ0v) is 40.6. The quantitative estimate of drug-likeness (QED) is 0.0341. The first kappa shape index (κ1) is 56.3. The summed E-state index contributed by atoms with van der Waals surface area (Å²) in [4.78, 5) is 42.7. The molecular weight excluding hydrogens is 749 g/mol. The van der Waals surface area contributed by atoms with Crippen LogP contribution in [0.2, 0.25) is 0 Å². The van der Waals surface area contributed by atoms with Gasteiger partial charge in [-0.25, -0.2) is 0 Å². The predicted octanol–water partition coefficient (Wildman–Crippen LogP) is 13.8. The maximum absolute atomic E-state index is 12.9. The summed E-state index contributed by atoms with van der Waals surface area (Å²) in [5.74, 6) is 1.25. The molecule has 0 aromatic heterocycles. The van der Waals surface area contributed by atoms with E-state index in [-0.39, 0.29) is 24.0 Å². The van der Waals surface area contributed by atoms with E-state index in [9.17, 15) is 14.4 Å². The molecule has 1 aliphatic heterocycles. The van der Waals surface area contributed by atoms with Gasteiger partial charge in [-0.2, -0.15) is 0 Å². The van der Waals surface area contributed by atoms with Crippen molar-refractivity contribution in [2.45, 2.75) is 252 Å². The Balaban J connectivity index is 2.35. The molecule has 1 unspecified atom stereocenters. The van der Waals surface area contributed by atoms with Gasteiger partial charge in [0.2, 0.25) is 0 Å². The first-order chi connectivity index (χ1) is 29.3. The Bertz CT molecular complexity index is 966. The number of hydrogen-bond acceptors (Lipinski definition) is 8. The topological polar surface area (TPSA) is 85.4 Å². The minimum absolute atomic E-state index is 0.0265. The highest BCUT2D eigenvalue weighted by Gasteiger charge is 2.18. The molecule has 1 fully saturated rings. The lowest BCUT2D eigenvalue weighted by Crippen LogP contribution is -2.44. The van der Waals surface area contributed by atoms with Crippen molar-refractivity contribution in [1.29, 1.82) is 0 Å². The van der Waals surface area contributed by atoms with Crippen LogP contribution in [-0.2, 0) is 28.6 Å². The van der Waals surface area contributed by atoms with Crippen LogP contribution in [0.5, 0.6) is 0 Å². The van der Waals surface area contributed by atoms with Crippen LogP contribution < -0.4 is 0 Å². The molecule has 354 valence electrons. The molecule has 8 nitrogen and oxygen atoms in total. The standard InChI is InChI=1S/C52H100N2O6/c1-6-10-20-29-47(30-21-11-7-2)38-45-58-50(55)35-26-17-15-14-16-24-33-49(60-52(57)37-28-40-54-43-41-53(5)42-44-54)34-25-18-19-27-36-51(56)59-46-39-48(31-22-12-8-3)32-23-13-9-4/h47-49H,6-46H2,1-5H3. The van der Waals surface area contributed by atoms with Gasteiger partial charge in [0.15, 0.2) is 0 Å². The van der Waals surface area contributed by atoms with Crippen LogP contribution in [0, 0.1) is 11.8 Å². The molecule has 60 heavy (non-hydrogen) atoms. The fourth-order valence-electron chi connectivity index (χ4n) is 8.79. The Morgan fingerprint density at radius 1 is 0.417 bits per heavy atom. The second-order valence-corrected chi connectivity index (χ2v) is 18.7. The van der Waals surface area contributed by atoms with Gasteiger partial charge in [-0.15, -0.1) is 0 Å². The van der Waals surface area contributed by atoms with E-state index in [0.717, 1.165) is 129 Å². The normalized spacial score (nSPS) is 14.2. The third-order valence-corrected chi connectivity index (χ3v) is 13.0. The van der Waals surface area contributed by atoms with Gasteiger partial charge >= 0.3 is 17.9 Å². The van der Waals surface area contributed by atoms with Crippen LogP contribution in [0.25, 0.3) is 0 Å². The summed E-state index contributed by atoms with van der Waals surface area (Å²) in [6.45, 7) is 15.5. The molecule has 0 radical (unpaired) electrons. The summed E-state index contributed by atoms with van der Waals surface area (Å²) in [5, 5.41) is 0. The lowest BCUT2D eigenvalue weighted by Gasteiger charge is -2.32. The SMILES string of the molecule is CCCCCC(CCCCC)CCOC(=O)CCCCCCCCC(CCCCCCC(=O)OCCC(CCCCC)CCCCC)OC(=O)CCCN1CCN(C)CC1. The molecule has 1 saturated heterocycles. The second kappa shape index (κ2) is 41.3. The lowest BCUT2D eigenvalue weighted by molar-refractivity contribution is -0.150. The molecular formula is C52H100N2O6. The first-order valence-electron chi connectivity index (χ1n) is 26.2. The van der Waals surface area contributed by atoms with Crippen molar-refractivity contribution in [3.05, 3.63) is 0 Å². The number of likely N-dealkylation sites (N-methyl/N-ethyl adjacent to an activating group) is 1. The monoisotopic (exact) mass is 849 g/mol. The van der Waals surface area contributed by atoms with Gasteiger partial charge in [0.25, 0.3) is 0 Å². The number of rotatable bonds is 43. The van der Waals surface area contributed by atoms with Crippen molar-refractivity contribution in [2.75, 3.05) is 53.0 Å². The van der Waals surface area contributed by atoms with Crippen molar-refractivity contribution in [3.8, 4) is 0 Å². The summed E-state index contributed by atoms with van der Waals surface area (Å²) in [5.41, 5.74) is 0. The van der Waals surface area contributed by atoms with Gasteiger partial charge in [0.05, 0.1) is 13.2 Å². The van der Waals surface area contributed by atoms with Gasteiger partial charge < -0.3 is 24.0 Å². The lowest BCUT2D eigenvalue weighted by atomic mass is 9.92. The minimum atomic E-state index is -0.0507. The Kier molecular flexibility index (Phi) is 38.8. The Morgan fingerprint density at radius 3 is 1.20 bits per heavy atom. The molecule has 8 heteroatoms. The molecule has 1 atom stereocenters. The van der Waals surface area contributed by atoms with E-state index in [4.69, 9.17) is 14.2 Å². The highest BCUT2D eigenvalue weighted by atomic mass is 16.5. The number of esters is 3. The van der Waals surface area contributed by atoms with E-state index >= 15 is 0 Å². The van der Waals surface area contributed by atoms with Crippen LogP contribution >= 0.6 is 0 Å². The fraction of sp³-hybridized carbons (Fsp3) is 0.942. The molecule has 1 rings (SSSR count). The molecule has 0 N–H and O–H groups in total. The Hall–Kier alpha value is -1.67. The Labute approximate surface area is 372 Å². The summed E-state index contributed by atoms with van der Waals surface area (Å²) in [7, 11) is 2.17. The van der Waals surface area contributed by atoms with Crippen molar-refractivity contribution in [2.24, 2.45) is 11.8 Å². The summed E-state index contributed by atoms with van der Waals surface area (Å²) in [6.07, 6.45) is 37.0. The molecule has 0 spiro atoms. The molecule has 1 aliphatic rings. The highest BCUT2D eigenvalue weighted by Crippen LogP contribution is 2.23. The van der Waals surface area contributed by atoms with E-state index in [2.05, 4.69) is 44.5 Å². The van der Waals surface area contributed by atoms with Crippen molar-refractivity contribution < 1.29 is 28.6 Å². The number of carbonyl (C=O) groups is 3. The molecule has 0 amide bonds. The smallest absolute Gasteiger partial charge is 0.306 e. The molecule has 0 aliphatic carbocycles. The zero-order chi connectivity index (χ0) is 43.7. The van der Waals surface area contributed by atoms with E-state index in [1.165, 1.54) is 103 Å². The largest absolute Gasteiger partial charge is 0.466 e. The maximum atomic E-state index is 12.9. The number of piperazine rings is 1. The van der Waals surface area contributed by atoms with Crippen LogP contribution in [0.15, 0.2) is 0 Å². The summed E-state index contributed by atoms with van der Waals surface area (Å²) in [6, 6.07) is 0. The van der Waals surface area contributed by atoms with Gasteiger partial charge in [-0.1, -0.05) is 169 Å².